The van der Waals surface area contributed by atoms with Crippen LogP contribution in [0.1, 0.15) is 103 Å². The van der Waals surface area contributed by atoms with Crippen LogP contribution in [0.15, 0.2) is 0 Å². The standard InChI is InChI=1S/C22H36N2O2/c23-21(25)19-17-15-13-11-9-7-5-3-1-2-4-6-8-10-12-14-16-18-20-22(24)26/h1-13,15,17,19H2,(H2,23,25)(H2,24,26). The van der Waals surface area contributed by atoms with Crippen LogP contribution in [0.5, 0.6) is 0 Å². The van der Waals surface area contributed by atoms with Crippen molar-refractivity contribution in [2.75, 3.05) is 0 Å². The minimum atomic E-state index is -0.628. The zero-order valence-corrected chi connectivity index (χ0v) is 16.3. The highest BCUT2D eigenvalue weighted by Gasteiger charge is 1.96. The van der Waals surface area contributed by atoms with E-state index in [0.717, 1.165) is 25.7 Å². The molecule has 0 aromatic rings. The summed E-state index contributed by atoms with van der Waals surface area (Å²) in [7, 11) is 0. The van der Waals surface area contributed by atoms with Crippen molar-refractivity contribution in [3.63, 3.8) is 0 Å². The number of unbranched alkanes of at least 4 members (excludes halogenated alkanes) is 14. The molecule has 0 aromatic carbocycles. The van der Waals surface area contributed by atoms with Crippen LogP contribution in [-0.2, 0) is 9.59 Å². The molecule has 0 aromatic heterocycles. The normalized spacial score (nSPS) is 9.69. The molecular weight excluding hydrogens is 324 g/mol. The van der Waals surface area contributed by atoms with E-state index in [2.05, 4.69) is 23.7 Å². The molecule has 4 N–H and O–H groups in total. The van der Waals surface area contributed by atoms with E-state index in [1.54, 1.807) is 0 Å². The van der Waals surface area contributed by atoms with Gasteiger partial charge in [-0.3, -0.25) is 9.59 Å². The maximum absolute atomic E-state index is 10.6. The summed E-state index contributed by atoms with van der Waals surface area (Å²) in [5, 5.41) is 0. The van der Waals surface area contributed by atoms with Gasteiger partial charge in [0.15, 0.2) is 0 Å². The van der Waals surface area contributed by atoms with E-state index >= 15 is 0 Å². The highest BCUT2D eigenvalue weighted by Crippen LogP contribution is 2.13. The SMILES string of the molecule is NC(=O)C#CC#CCCCCCCCCCCCCCCCCC(N)=O. The number of carbonyl (C=O) groups excluding carboxylic acids is 2. The molecule has 0 rings (SSSR count). The van der Waals surface area contributed by atoms with Crippen molar-refractivity contribution in [2.45, 2.75) is 103 Å². The second kappa shape index (κ2) is 19.4. The first-order valence-corrected chi connectivity index (χ1v) is 10.2. The molecule has 0 atom stereocenters. The summed E-state index contributed by atoms with van der Waals surface area (Å²) in [6.45, 7) is 0. The maximum atomic E-state index is 10.6. The fraction of sp³-hybridized carbons (Fsp3) is 0.727. The summed E-state index contributed by atoms with van der Waals surface area (Å²) in [6.07, 6.45) is 18.9. The molecule has 0 spiro atoms. The number of rotatable bonds is 16. The van der Waals surface area contributed by atoms with Gasteiger partial charge >= 0.3 is 0 Å². The lowest BCUT2D eigenvalue weighted by molar-refractivity contribution is -0.118. The molecule has 0 aliphatic carbocycles. The Bertz CT molecular complexity index is 492. The van der Waals surface area contributed by atoms with Crippen molar-refractivity contribution in [1.82, 2.24) is 0 Å². The van der Waals surface area contributed by atoms with Crippen molar-refractivity contribution in [3.05, 3.63) is 0 Å². The number of hydrogen-bond donors (Lipinski definition) is 2. The Labute approximate surface area is 159 Å². The van der Waals surface area contributed by atoms with Crippen molar-refractivity contribution in [3.8, 4) is 23.7 Å². The number of nitrogens with two attached hydrogens (primary N) is 2. The highest BCUT2D eigenvalue weighted by atomic mass is 16.1. The Morgan fingerprint density at radius 2 is 1.00 bits per heavy atom. The maximum Gasteiger partial charge on any atom is 0.294 e. The van der Waals surface area contributed by atoms with E-state index in [0.29, 0.717) is 6.42 Å². The molecule has 0 saturated carbocycles. The Hall–Kier alpha value is -1.94. The third kappa shape index (κ3) is 22.1. The van der Waals surface area contributed by atoms with Crippen molar-refractivity contribution < 1.29 is 9.59 Å². The van der Waals surface area contributed by atoms with Crippen LogP contribution in [-0.4, -0.2) is 11.8 Å². The minimum absolute atomic E-state index is 0.175. The summed E-state index contributed by atoms with van der Waals surface area (Å²) in [5.74, 6) is 9.42. The van der Waals surface area contributed by atoms with E-state index in [1.807, 2.05) is 0 Å². The monoisotopic (exact) mass is 360 g/mol. The molecule has 0 fully saturated rings. The molecule has 0 heterocycles. The predicted octanol–water partition coefficient (Wildman–Crippen LogP) is 4.21. The van der Waals surface area contributed by atoms with Crippen LogP contribution >= 0.6 is 0 Å². The van der Waals surface area contributed by atoms with E-state index in [1.165, 1.54) is 70.6 Å². The van der Waals surface area contributed by atoms with Gasteiger partial charge in [0.1, 0.15) is 0 Å². The lowest BCUT2D eigenvalue weighted by Crippen LogP contribution is -2.09. The van der Waals surface area contributed by atoms with Gasteiger partial charge in [0, 0.05) is 18.8 Å². The smallest absolute Gasteiger partial charge is 0.294 e. The van der Waals surface area contributed by atoms with Crippen LogP contribution in [0.2, 0.25) is 0 Å². The van der Waals surface area contributed by atoms with E-state index in [9.17, 15) is 9.59 Å². The second-order valence-corrected chi connectivity index (χ2v) is 6.83. The predicted molar refractivity (Wildman–Crippen MR) is 108 cm³/mol. The lowest BCUT2D eigenvalue weighted by Gasteiger charge is -2.03. The van der Waals surface area contributed by atoms with Gasteiger partial charge in [0.25, 0.3) is 5.91 Å². The summed E-state index contributed by atoms with van der Waals surface area (Å²) >= 11 is 0. The summed E-state index contributed by atoms with van der Waals surface area (Å²) in [4.78, 5) is 21.0. The molecule has 4 nitrogen and oxygen atoms in total. The molecule has 0 bridgehead atoms. The fourth-order valence-electron chi connectivity index (χ4n) is 2.83. The van der Waals surface area contributed by atoms with Crippen molar-refractivity contribution >= 4 is 11.8 Å². The molecule has 26 heavy (non-hydrogen) atoms. The third-order valence-electron chi connectivity index (χ3n) is 4.31. The first kappa shape index (κ1) is 24.1. The summed E-state index contributed by atoms with van der Waals surface area (Å²) in [5.41, 5.74) is 10.00. The molecular formula is C22H36N2O2. The Kier molecular flexibility index (Phi) is 17.9. The first-order chi connectivity index (χ1) is 12.6. The van der Waals surface area contributed by atoms with E-state index in [4.69, 9.17) is 11.5 Å². The Morgan fingerprint density at radius 3 is 1.42 bits per heavy atom. The Morgan fingerprint density at radius 1 is 0.577 bits per heavy atom. The zero-order chi connectivity index (χ0) is 19.3. The molecule has 146 valence electrons. The van der Waals surface area contributed by atoms with Gasteiger partial charge in [-0.1, -0.05) is 83.0 Å². The van der Waals surface area contributed by atoms with Gasteiger partial charge < -0.3 is 11.5 Å². The van der Waals surface area contributed by atoms with Crippen LogP contribution in [0.4, 0.5) is 0 Å². The lowest BCUT2D eigenvalue weighted by atomic mass is 10.0. The van der Waals surface area contributed by atoms with Crippen LogP contribution in [0.3, 0.4) is 0 Å². The topological polar surface area (TPSA) is 86.2 Å². The molecule has 0 radical (unpaired) electrons. The van der Waals surface area contributed by atoms with Gasteiger partial charge in [-0.2, -0.15) is 0 Å². The molecule has 0 aliphatic heterocycles. The number of amides is 2. The average molecular weight is 361 g/mol. The van der Waals surface area contributed by atoms with E-state index in [-0.39, 0.29) is 5.91 Å². The molecule has 2 amide bonds. The second-order valence-electron chi connectivity index (χ2n) is 6.83. The largest absolute Gasteiger partial charge is 0.370 e. The molecule has 4 heteroatoms. The van der Waals surface area contributed by atoms with E-state index < -0.39 is 5.91 Å². The molecule has 0 aliphatic rings. The third-order valence-corrected chi connectivity index (χ3v) is 4.31. The van der Waals surface area contributed by atoms with Crippen molar-refractivity contribution in [2.24, 2.45) is 11.5 Å². The minimum Gasteiger partial charge on any atom is -0.370 e. The van der Waals surface area contributed by atoms with Gasteiger partial charge in [-0.05, 0) is 24.7 Å². The number of carbonyl (C=O) groups is 2. The van der Waals surface area contributed by atoms with Crippen molar-refractivity contribution in [1.29, 1.82) is 0 Å². The fourth-order valence-corrected chi connectivity index (χ4v) is 2.83. The highest BCUT2D eigenvalue weighted by molar-refractivity contribution is 5.92. The quantitative estimate of drug-likeness (QED) is 0.319. The van der Waals surface area contributed by atoms with Gasteiger partial charge in [0.05, 0.1) is 0 Å². The molecule has 0 saturated heterocycles. The summed E-state index contributed by atoms with van der Waals surface area (Å²) in [6, 6.07) is 0. The molecule has 0 unspecified atom stereocenters. The van der Waals surface area contributed by atoms with Crippen LogP contribution in [0, 0.1) is 23.7 Å². The zero-order valence-electron chi connectivity index (χ0n) is 16.3. The van der Waals surface area contributed by atoms with Gasteiger partial charge in [0.2, 0.25) is 5.91 Å². The number of hydrogen-bond acceptors (Lipinski definition) is 2. The summed E-state index contributed by atoms with van der Waals surface area (Å²) < 4.78 is 0. The Balaban J connectivity index is 3.15. The van der Waals surface area contributed by atoms with Gasteiger partial charge in [-0.25, -0.2) is 0 Å². The number of primary amides is 2. The first-order valence-electron chi connectivity index (χ1n) is 10.2. The average Bonchev–Trinajstić information content (AvgIpc) is 2.59. The van der Waals surface area contributed by atoms with Crippen LogP contribution in [0.25, 0.3) is 0 Å². The van der Waals surface area contributed by atoms with Gasteiger partial charge in [-0.15, -0.1) is 0 Å². The van der Waals surface area contributed by atoms with Crippen LogP contribution < -0.4 is 11.5 Å².